The largest absolute Gasteiger partial charge is 0.434 e. The van der Waals surface area contributed by atoms with Gasteiger partial charge in [-0.05, 0) is 49.9 Å². The summed E-state index contributed by atoms with van der Waals surface area (Å²) in [5.74, 6) is 0.0769. The Kier molecular flexibility index (Phi) is 7.36. The summed E-state index contributed by atoms with van der Waals surface area (Å²) in [6.07, 6.45) is -0.800. The zero-order valence-electron chi connectivity index (χ0n) is 19.4. The highest BCUT2D eigenvalue weighted by atomic mass is 35.5. The van der Waals surface area contributed by atoms with Gasteiger partial charge in [0.1, 0.15) is 5.82 Å². The van der Waals surface area contributed by atoms with Gasteiger partial charge in [0.15, 0.2) is 11.5 Å². The van der Waals surface area contributed by atoms with Crippen LogP contribution in [0.2, 0.25) is 5.02 Å². The summed E-state index contributed by atoms with van der Waals surface area (Å²) in [6, 6.07) is 4.88. The molecule has 2 aromatic heterocycles. The quantitative estimate of drug-likeness (QED) is 0.363. The number of carbonyl (C=O) groups excluding carboxylic acids is 1. The van der Waals surface area contributed by atoms with Gasteiger partial charge >= 0.3 is 6.18 Å². The number of hydrogen-bond acceptors (Lipinski definition) is 3. The minimum atomic E-state index is -4.56. The van der Waals surface area contributed by atoms with Gasteiger partial charge in [0, 0.05) is 23.2 Å². The Morgan fingerprint density at radius 2 is 1.91 bits per heavy atom. The van der Waals surface area contributed by atoms with Gasteiger partial charge in [0.05, 0.1) is 23.6 Å². The summed E-state index contributed by atoms with van der Waals surface area (Å²) in [5.41, 5.74) is 2.42. The Morgan fingerprint density at radius 1 is 1.21 bits per heavy atom. The summed E-state index contributed by atoms with van der Waals surface area (Å²) in [4.78, 5) is 17.0. The molecule has 3 aromatic rings. The number of halogens is 4. The molecule has 3 rings (SSSR count). The molecule has 0 N–H and O–H groups in total. The van der Waals surface area contributed by atoms with Crippen molar-refractivity contribution in [2.75, 3.05) is 0 Å². The van der Waals surface area contributed by atoms with Gasteiger partial charge in [0.2, 0.25) is 0 Å². The molecule has 178 valence electrons. The van der Waals surface area contributed by atoms with Crippen molar-refractivity contribution in [3.05, 3.63) is 64.0 Å². The minimum Gasteiger partial charge on any atom is -0.324 e. The number of ketones is 1. The maximum Gasteiger partial charge on any atom is 0.434 e. The van der Waals surface area contributed by atoms with Crippen LogP contribution < -0.4 is 0 Å². The lowest BCUT2D eigenvalue weighted by Gasteiger charge is -2.19. The van der Waals surface area contributed by atoms with Gasteiger partial charge in [0.25, 0.3) is 0 Å². The highest BCUT2D eigenvalue weighted by Crippen LogP contribution is 2.31. The second-order valence-corrected chi connectivity index (χ2v) is 8.99. The highest BCUT2D eigenvalue weighted by Gasteiger charge is 2.36. The molecule has 0 bridgehead atoms. The lowest BCUT2D eigenvalue weighted by atomic mass is 9.97. The molecule has 1 aromatic carbocycles. The Labute approximate surface area is 196 Å². The number of aryl methyl sites for hydroxylation is 2. The van der Waals surface area contributed by atoms with Crippen molar-refractivity contribution in [1.82, 2.24) is 19.3 Å². The average molecular weight is 481 g/mol. The monoisotopic (exact) mass is 480 g/mol. The molecule has 0 amide bonds. The van der Waals surface area contributed by atoms with Gasteiger partial charge in [-0.2, -0.15) is 18.3 Å². The van der Waals surface area contributed by atoms with Crippen molar-refractivity contribution in [3.63, 3.8) is 0 Å². The van der Waals surface area contributed by atoms with Gasteiger partial charge in [-0.1, -0.05) is 38.8 Å². The van der Waals surface area contributed by atoms with E-state index in [1.807, 2.05) is 39.8 Å². The summed E-state index contributed by atoms with van der Waals surface area (Å²) in [6.45, 7) is 9.34. The molecule has 0 aliphatic rings. The van der Waals surface area contributed by atoms with Gasteiger partial charge in [-0.15, -0.1) is 0 Å². The zero-order valence-corrected chi connectivity index (χ0v) is 20.1. The van der Waals surface area contributed by atoms with E-state index in [1.165, 1.54) is 11.5 Å². The molecule has 0 fully saturated rings. The highest BCUT2D eigenvalue weighted by molar-refractivity contribution is 6.31. The van der Waals surface area contributed by atoms with E-state index in [9.17, 15) is 18.0 Å². The van der Waals surface area contributed by atoms with Crippen molar-refractivity contribution in [3.8, 4) is 5.69 Å². The molecular formula is C24H28ClF3N4O. The summed E-state index contributed by atoms with van der Waals surface area (Å²) in [5, 5.41) is 5.17. The Bertz CT molecular complexity index is 1150. The van der Waals surface area contributed by atoms with Gasteiger partial charge < -0.3 is 4.57 Å². The number of aromatic nitrogens is 4. The smallest absolute Gasteiger partial charge is 0.324 e. The van der Waals surface area contributed by atoms with E-state index >= 15 is 0 Å². The SMILES string of the molecule is CCC[C@@H](C(=O)Cc1cnn(-c2ccc(Cl)c(C)c2)c1C(C)C)n1cc(C(F)(F)F)nc1C. The second-order valence-electron chi connectivity index (χ2n) is 8.58. The van der Waals surface area contributed by atoms with Crippen LogP contribution in [0.15, 0.2) is 30.6 Å². The van der Waals surface area contributed by atoms with E-state index in [0.29, 0.717) is 17.9 Å². The van der Waals surface area contributed by atoms with Crippen LogP contribution in [-0.2, 0) is 17.4 Å². The first-order valence-corrected chi connectivity index (χ1v) is 11.3. The summed E-state index contributed by atoms with van der Waals surface area (Å²) < 4.78 is 42.6. The van der Waals surface area contributed by atoms with E-state index in [2.05, 4.69) is 10.1 Å². The molecule has 2 heterocycles. The third kappa shape index (κ3) is 5.32. The minimum absolute atomic E-state index is 0.0720. The van der Waals surface area contributed by atoms with Crippen LogP contribution in [0, 0.1) is 13.8 Å². The standard InChI is InChI=1S/C24H28ClF3N4O/c1-6-7-20(31-13-22(24(26,27)28)30-16(31)5)21(33)11-17-12-29-32(23(17)14(2)3)18-8-9-19(25)15(4)10-18/h8-10,12-14,20H,6-7,11H2,1-5H3/t20-/m0/s1. The Balaban J connectivity index is 1.96. The molecule has 0 aliphatic carbocycles. The predicted octanol–water partition coefficient (Wildman–Crippen LogP) is 6.63. The number of nitrogens with zero attached hydrogens (tertiary/aromatic N) is 4. The number of alkyl halides is 3. The van der Waals surface area contributed by atoms with Crippen molar-refractivity contribution >= 4 is 17.4 Å². The van der Waals surface area contributed by atoms with Crippen LogP contribution in [0.25, 0.3) is 5.69 Å². The van der Waals surface area contributed by atoms with Crippen LogP contribution in [0.1, 0.15) is 73.9 Å². The van der Waals surface area contributed by atoms with E-state index < -0.39 is 17.9 Å². The third-order valence-electron chi connectivity index (χ3n) is 5.66. The maximum atomic E-state index is 13.3. The van der Waals surface area contributed by atoms with Crippen molar-refractivity contribution in [2.24, 2.45) is 0 Å². The van der Waals surface area contributed by atoms with Gasteiger partial charge in [-0.3, -0.25) is 4.79 Å². The fourth-order valence-corrected chi connectivity index (χ4v) is 4.20. The molecule has 9 heteroatoms. The molecule has 33 heavy (non-hydrogen) atoms. The summed E-state index contributed by atoms with van der Waals surface area (Å²) in [7, 11) is 0. The molecule has 0 saturated carbocycles. The van der Waals surface area contributed by atoms with E-state index in [1.54, 1.807) is 16.9 Å². The number of benzene rings is 1. The Morgan fingerprint density at radius 3 is 2.45 bits per heavy atom. The van der Waals surface area contributed by atoms with E-state index in [4.69, 9.17) is 11.6 Å². The fraction of sp³-hybridized carbons (Fsp3) is 0.458. The molecule has 0 unspecified atom stereocenters. The number of rotatable bonds is 8. The van der Waals surface area contributed by atoms with Gasteiger partial charge in [-0.25, -0.2) is 9.67 Å². The molecular weight excluding hydrogens is 453 g/mol. The fourth-order valence-electron chi connectivity index (χ4n) is 4.08. The summed E-state index contributed by atoms with van der Waals surface area (Å²) >= 11 is 6.16. The maximum absolute atomic E-state index is 13.3. The molecule has 5 nitrogen and oxygen atoms in total. The molecule has 0 saturated heterocycles. The van der Waals surface area contributed by atoms with Crippen LogP contribution in [-0.4, -0.2) is 25.1 Å². The lowest BCUT2D eigenvalue weighted by molar-refractivity contribution is -0.141. The topological polar surface area (TPSA) is 52.7 Å². The predicted molar refractivity (Wildman–Crippen MR) is 122 cm³/mol. The molecule has 1 atom stereocenters. The van der Waals surface area contributed by atoms with E-state index in [-0.39, 0.29) is 23.9 Å². The molecule has 0 aliphatic heterocycles. The van der Waals surface area contributed by atoms with Crippen LogP contribution in [0.5, 0.6) is 0 Å². The lowest BCUT2D eigenvalue weighted by Crippen LogP contribution is -2.22. The van der Waals surface area contributed by atoms with Crippen LogP contribution >= 0.6 is 11.6 Å². The third-order valence-corrected chi connectivity index (χ3v) is 6.09. The number of imidazole rings is 1. The molecule has 0 radical (unpaired) electrons. The van der Waals surface area contributed by atoms with Crippen molar-refractivity contribution in [1.29, 1.82) is 0 Å². The first kappa shape index (κ1) is 25.0. The van der Waals surface area contributed by atoms with E-state index in [0.717, 1.165) is 28.7 Å². The number of carbonyl (C=O) groups is 1. The zero-order chi connectivity index (χ0) is 24.5. The van der Waals surface area contributed by atoms with Crippen LogP contribution in [0.3, 0.4) is 0 Å². The molecule has 0 spiro atoms. The average Bonchev–Trinajstić information content (AvgIpc) is 3.32. The number of Topliss-reactive ketones (excluding diaryl/α,β-unsaturated/α-hetero) is 1. The normalized spacial score (nSPS) is 13.0. The second kappa shape index (κ2) is 9.71. The number of hydrogen-bond donors (Lipinski definition) is 0. The van der Waals surface area contributed by atoms with Crippen molar-refractivity contribution < 1.29 is 18.0 Å². The first-order valence-electron chi connectivity index (χ1n) is 10.9. The Hall–Kier alpha value is -2.61. The van der Waals surface area contributed by atoms with Crippen molar-refractivity contribution in [2.45, 2.75) is 72.0 Å². The first-order chi connectivity index (χ1) is 15.4. The van der Waals surface area contributed by atoms with Crippen LogP contribution in [0.4, 0.5) is 13.2 Å².